The Morgan fingerprint density at radius 2 is 2.03 bits per heavy atom. The lowest BCUT2D eigenvalue weighted by Crippen LogP contribution is -2.41. The lowest BCUT2D eigenvalue weighted by molar-refractivity contribution is -0.124. The molecule has 0 radical (unpaired) electrons. The van der Waals surface area contributed by atoms with Crippen molar-refractivity contribution in [1.29, 1.82) is 0 Å². The molecule has 2 aromatic carbocycles. The van der Waals surface area contributed by atoms with Crippen molar-refractivity contribution in [2.24, 2.45) is 0 Å². The summed E-state index contributed by atoms with van der Waals surface area (Å²) in [5.41, 5.74) is 1.90. The van der Waals surface area contributed by atoms with Crippen LogP contribution in [-0.2, 0) is 11.2 Å². The normalized spacial score (nSPS) is 11.9. The summed E-state index contributed by atoms with van der Waals surface area (Å²) in [4.78, 5) is 29.0. The van der Waals surface area contributed by atoms with Gasteiger partial charge >= 0.3 is 5.63 Å². The van der Waals surface area contributed by atoms with Gasteiger partial charge in [-0.15, -0.1) is 11.3 Å². The van der Waals surface area contributed by atoms with E-state index in [1.54, 1.807) is 24.3 Å². The minimum Gasteiger partial charge on any atom is -0.484 e. The zero-order valence-electron chi connectivity index (χ0n) is 17.4. The summed E-state index contributed by atoms with van der Waals surface area (Å²) >= 11 is 1.47. The second-order valence-corrected chi connectivity index (χ2v) is 8.39. The molecular weight excluding hydrogens is 428 g/mol. The van der Waals surface area contributed by atoms with Crippen LogP contribution in [0.2, 0.25) is 0 Å². The third-order valence-corrected chi connectivity index (χ3v) is 5.66. The molecule has 2 N–H and O–H groups in total. The van der Waals surface area contributed by atoms with E-state index in [4.69, 9.17) is 9.15 Å². The molecule has 7 nitrogen and oxygen atoms in total. The van der Waals surface area contributed by atoms with E-state index >= 15 is 0 Å². The minimum absolute atomic E-state index is 0.178. The van der Waals surface area contributed by atoms with Crippen LogP contribution >= 0.6 is 11.3 Å². The van der Waals surface area contributed by atoms with Crippen LogP contribution in [0.1, 0.15) is 10.6 Å². The zero-order chi connectivity index (χ0) is 22.5. The number of benzene rings is 2. The fraction of sp³-hybridized carbons (Fsp3) is 0.208. The van der Waals surface area contributed by atoms with Gasteiger partial charge in [-0.05, 0) is 37.1 Å². The molecule has 4 rings (SSSR count). The van der Waals surface area contributed by atoms with Gasteiger partial charge in [-0.1, -0.05) is 30.3 Å². The van der Waals surface area contributed by atoms with E-state index in [-0.39, 0.29) is 19.1 Å². The number of thiazole rings is 1. The van der Waals surface area contributed by atoms with Crippen molar-refractivity contribution in [2.75, 3.05) is 13.2 Å². The molecule has 164 valence electrons. The van der Waals surface area contributed by atoms with Crippen molar-refractivity contribution in [1.82, 2.24) is 10.3 Å². The fourth-order valence-electron chi connectivity index (χ4n) is 3.33. The molecule has 0 aliphatic heterocycles. The highest BCUT2D eigenvalue weighted by Crippen LogP contribution is 2.25. The molecule has 32 heavy (non-hydrogen) atoms. The van der Waals surface area contributed by atoms with Crippen LogP contribution in [-0.4, -0.2) is 35.3 Å². The van der Waals surface area contributed by atoms with E-state index in [0.717, 1.165) is 16.0 Å². The number of hydrogen-bond donors (Lipinski definition) is 2. The van der Waals surface area contributed by atoms with E-state index in [0.29, 0.717) is 29.0 Å². The average Bonchev–Trinajstić information content (AvgIpc) is 3.23. The van der Waals surface area contributed by atoms with Crippen molar-refractivity contribution in [2.45, 2.75) is 19.4 Å². The van der Waals surface area contributed by atoms with Gasteiger partial charge in [0.05, 0.1) is 28.9 Å². The van der Waals surface area contributed by atoms with Crippen molar-refractivity contribution in [3.05, 3.63) is 81.0 Å². The third kappa shape index (κ3) is 5.22. The summed E-state index contributed by atoms with van der Waals surface area (Å²) in [7, 11) is 0. The van der Waals surface area contributed by atoms with Gasteiger partial charge in [0.15, 0.2) is 6.61 Å². The van der Waals surface area contributed by atoms with Crippen molar-refractivity contribution in [3.63, 3.8) is 0 Å². The summed E-state index contributed by atoms with van der Waals surface area (Å²) < 4.78 is 11.0. The van der Waals surface area contributed by atoms with E-state index < -0.39 is 11.7 Å². The van der Waals surface area contributed by atoms with Gasteiger partial charge in [-0.2, -0.15) is 0 Å². The molecule has 0 unspecified atom stereocenters. The van der Waals surface area contributed by atoms with E-state index in [1.165, 1.54) is 11.3 Å². The van der Waals surface area contributed by atoms with Crippen LogP contribution in [0.4, 0.5) is 0 Å². The Morgan fingerprint density at radius 1 is 1.22 bits per heavy atom. The molecule has 1 atom stereocenters. The van der Waals surface area contributed by atoms with Crippen molar-refractivity contribution >= 4 is 28.2 Å². The lowest BCUT2D eigenvalue weighted by Gasteiger charge is -2.16. The second-order valence-electron chi connectivity index (χ2n) is 7.32. The van der Waals surface area contributed by atoms with Crippen molar-refractivity contribution < 1.29 is 19.1 Å². The molecule has 8 heteroatoms. The number of ether oxygens (including phenoxy) is 1. The first-order valence-electron chi connectivity index (χ1n) is 10.1. The largest absolute Gasteiger partial charge is 0.484 e. The predicted molar refractivity (Wildman–Crippen MR) is 123 cm³/mol. The molecule has 0 saturated heterocycles. The maximum absolute atomic E-state index is 12.4. The van der Waals surface area contributed by atoms with Crippen LogP contribution in [0.25, 0.3) is 22.2 Å². The lowest BCUT2D eigenvalue weighted by atomic mass is 10.1. The maximum Gasteiger partial charge on any atom is 0.345 e. The number of carbonyl (C=O) groups is 1. The minimum atomic E-state index is -0.482. The van der Waals surface area contributed by atoms with E-state index in [1.807, 2.05) is 42.6 Å². The molecule has 1 amide bonds. The fourth-order valence-corrected chi connectivity index (χ4v) is 3.94. The molecule has 2 heterocycles. The highest BCUT2D eigenvalue weighted by atomic mass is 32.1. The summed E-state index contributed by atoms with van der Waals surface area (Å²) in [6, 6.07) is 16.0. The molecular formula is C24H22N2O5S. The van der Waals surface area contributed by atoms with Gasteiger partial charge in [0.1, 0.15) is 11.3 Å². The number of amides is 1. The molecule has 0 aliphatic rings. The number of hydrogen-bond acceptors (Lipinski definition) is 7. The Hall–Kier alpha value is -3.49. The van der Waals surface area contributed by atoms with Crippen molar-refractivity contribution in [3.8, 4) is 17.0 Å². The summed E-state index contributed by atoms with van der Waals surface area (Å²) in [5.74, 6) is 0.0486. The number of nitrogens with one attached hydrogen (secondary N) is 1. The smallest absolute Gasteiger partial charge is 0.345 e. The Kier molecular flexibility index (Phi) is 6.63. The Labute approximate surface area is 188 Å². The topological polar surface area (TPSA) is 102 Å². The predicted octanol–water partition coefficient (Wildman–Crippen LogP) is 3.32. The summed E-state index contributed by atoms with van der Waals surface area (Å²) in [6.45, 7) is 1.47. The van der Waals surface area contributed by atoms with E-state index in [2.05, 4.69) is 10.3 Å². The van der Waals surface area contributed by atoms with Crippen LogP contribution in [0.3, 0.4) is 0 Å². The molecule has 2 aromatic heterocycles. The zero-order valence-corrected chi connectivity index (χ0v) is 18.2. The van der Waals surface area contributed by atoms with E-state index in [9.17, 15) is 14.7 Å². The van der Waals surface area contributed by atoms with Gasteiger partial charge < -0.3 is 19.6 Å². The number of aliphatic hydroxyl groups excluding tert-OH is 1. The Morgan fingerprint density at radius 3 is 2.75 bits per heavy atom. The molecule has 0 fully saturated rings. The number of nitrogens with zero attached hydrogens (tertiary/aromatic N) is 1. The maximum atomic E-state index is 12.4. The SMILES string of the molecule is Cc1nc(-c2cc3ccc(OCC(=O)N[C@H](CO)Cc4ccccc4)cc3oc2=O)cs1. The van der Waals surface area contributed by atoms with Crippen LogP contribution in [0, 0.1) is 6.92 Å². The first-order chi connectivity index (χ1) is 15.5. The molecule has 0 bridgehead atoms. The highest BCUT2D eigenvalue weighted by Gasteiger charge is 2.14. The van der Waals surface area contributed by atoms with Crippen LogP contribution < -0.4 is 15.7 Å². The Bertz CT molecular complexity index is 1280. The summed E-state index contributed by atoms with van der Waals surface area (Å²) in [6.07, 6.45) is 0.519. The number of fused-ring (bicyclic) bond motifs is 1. The average molecular weight is 451 g/mol. The number of aryl methyl sites for hydroxylation is 1. The second kappa shape index (κ2) is 9.76. The van der Waals surface area contributed by atoms with Gasteiger partial charge in [-0.25, -0.2) is 9.78 Å². The van der Waals surface area contributed by atoms with Gasteiger partial charge in [0, 0.05) is 16.8 Å². The standard InChI is InChI=1S/C24H22N2O5S/c1-15-25-21(14-32-15)20-10-17-7-8-19(11-22(17)31-24(20)29)30-13-23(28)26-18(12-27)9-16-5-3-2-4-6-16/h2-8,10-11,14,18,27H,9,12-13H2,1H3,(H,26,28)/t18-/m0/s1. The van der Waals surface area contributed by atoms with Crippen LogP contribution in [0.15, 0.2) is 69.2 Å². The Balaban J connectivity index is 1.40. The summed E-state index contributed by atoms with van der Waals surface area (Å²) in [5, 5.41) is 15.8. The third-order valence-electron chi connectivity index (χ3n) is 4.88. The highest BCUT2D eigenvalue weighted by molar-refractivity contribution is 7.09. The number of aliphatic hydroxyl groups is 1. The first-order valence-corrected chi connectivity index (χ1v) is 11.0. The molecule has 0 aliphatic carbocycles. The number of rotatable bonds is 8. The number of carbonyl (C=O) groups excluding carboxylic acids is 1. The molecule has 4 aromatic rings. The monoisotopic (exact) mass is 450 g/mol. The molecule has 0 spiro atoms. The van der Waals surface area contributed by atoms with Gasteiger partial charge in [0.25, 0.3) is 5.91 Å². The molecule has 0 saturated carbocycles. The van der Waals surface area contributed by atoms with Crippen LogP contribution in [0.5, 0.6) is 5.75 Å². The van der Waals surface area contributed by atoms with Gasteiger partial charge in [0.2, 0.25) is 0 Å². The quantitative estimate of drug-likeness (QED) is 0.399. The van der Waals surface area contributed by atoms with Gasteiger partial charge in [-0.3, -0.25) is 4.79 Å². The first kappa shape index (κ1) is 21.7. The number of aromatic nitrogens is 1.